The first kappa shape index (κ1) is 11.3. The van der Waals surface area contributed by atoms with Crippen LogP contribution in [0.4, 0.5) is 4.48 Å². The molecule has 0 aromatic heterocycles. The lowest BCUT2D eigenvalue weighted by atomic mass is 10.1. The van der Waals surface area contributed by atoms with Crippen molar-refractivity contribution in [3.05, 3.63) is 23.8 Å². The van der Waals surface area contributed by atoms with Gasteiger partial charge in [-0.15, -0.1) is 10.0 Å². The first-order chi connectivity index (χ1) is 7.06. The van der Waals surface area contributed by atoms with Crippen LogP contribution in [-0.2, 0) is 11.2 Å². The van der Waals surface area contributed by atoms with E-state index in [2.05, 4.69) is 0 Å². The molecule has 5 nitrogen and oxygen atoms in total. The number of carboxylic acids is 1. The Bertz CT molecular complexity index is 369. The van der Waals surface area contributed by atoms with Crippen molar-refractivity contribution < 1.29 is 24.6 Å². The average Bonchev–Trinajstić information content (AvgIpc) is 2.19. The molecule has 1 aromatic carbocycles. The zero-order chi connectivity index (χ0) is 11.4. The number of phenolic OH excluding ortho intramolecular Hbond substituents is 2. The molecule has 0 heterocycles. The predicted octanol–water partition coefficient (Wildman–Crippen LogP) is 0.568. The van der Waals surface area contributed by atoms with Gasteiger partial charge in [0, 0.05) is 6.42 Å². The highest BCUT2D eigenvalue weighted by Crippen LogP contribution is 2.28. The molecule has 0 saturated heterocycles. The van der Waals surface area contributed by atoms with Crippen molar-refractivity contribution in [3.63, 3.8) is 0 Å². The first-order valence-electron chi connectivity index (χ1n) is 4.15. The van der Waals surface area contributed by atoms with Crippen molar-refractivity contribution in [1.82, 2.24) is 5.54 Å². The minimum atomic E-state index is -1.45. The molecule has 0 aliphatic rings. The highest BCUT2D eigenvalue weighted by molar-refractivity contribution is 5.74. The van der Waals surface area contributed by atoms with Gasteiger partial charge in [-0.05, 0) is 11.6 Å². The predicted molar refractivity (Wildman–Crippen MR) is 49.1 cm³/mol. The number of phenols is 2. The summed E-state index contributed by atoms with van der Waals surface area (Å²) in [5.41, 5.74) is 1.26. The molecule has 0 spiro atoms. The molecular weight excluding hydrogens is 205 g/mol. The smallest absolute Gasteiger partial charge is 0.323 e. The molecule has 0 fully saturated rings. The van der Waals surface area contributed by atoms with Crippen LogP contribution >= 0.6 is 0 Å². The van der Waals surface area contributed by atoms with Crippen LogP contribution in [0, 0.1) is 0 Å². The standard InChI is InChI=1S/C9H10FNO4/c10-11-6(9(14)15)4-5-2-1-3-7(12)8(5)13/h1-3,6,11-13H,4H2,(H,14,15). The molecule has 0 saturated carbocycles. The second-order valence-corrected chi connectivity index (χ2v) is 2.99. The number of aliphatic carboxylic acids is 1. The highest BCUT2D eigenvalue weighted by Gasteiger charge is 2.19. The van der Waals surface area contributed by atoms with E-state index in [1.54, 1.807) is 0 Å². The van der Waals surface area contributed by atoms with Gasteiger partial charge in [0.05, 0.1) is 0 Å². The molecular formula is C9H10FNO4. The molecule has 6 heteroatoms. The SMILES string of the molecule is O=C(O)C(Cc1cccc(O)c1O)NF. The number of aromatic hydroxyl groups is 2. The Kier molecular flexibility index (Phi) is 3.46. The van der Waals surface area contributed by atoms with E-state index in [1.807, 2.05) is 0 Å². The van der Waals surface area contributed by atoms with Crippen LogP contribution in [0.25, 0.3) is 0 Å². The number of hydrogen-bond acceptors (Lipinski definition) is 4. The van der Waals surface area contributed by atoms with Gasteiger partial charge in [-0.1, -0.05) is 12.1 Å². The molecule has 1 atom stereocenters. The molecule has 0 aliphatic heterocycles. The second kappa shape index (κ2) is 4.61. The monoisotopic (exact) mass is 215 g/mol. The largest absolute Gasteiger partial charge is 0.504 e. The van der Waals surface area contributed by atoms with Gasteiger partial charge >= 0.3 is 5.97 Å². The van der Waals surface area contributed by atoms with Crippen LogP contribution < -0.4 is 5.54 Å². The third kappa shape index (κ3) is 2.57. The normalized spacial score (nSPS) is 12.3. The summed E-state index contributed by atoms with van der Waals surface area (Å²) < 4.78 is 12.1. The number of benzene rings is 1. The van der Waals surface area contributed by atoms with E-state index in [1.165, 1.54) is 18.2 Å². The van der Waals surface area contributed by atoms with Gasteiger partial charge in [-0.3, -0.25) is 4.79 Å². The molecule has 1 rings (SSSR count). The summed E-state index contributed by atoms with van der Waals surface area (Å²) >= 11 is 0. The van der Waals surface area contributed by atoms with Crippen molar-refractivity contribution in [1.29, 1.82) is 0 Å². The van der Waals surface area contributed by atoms with Crippen LogP contribution in [0.5, 0.6) is 11.5 Å². The van der Waals surface area contributed by atoms with Gasteiger partial charge in [0.25, 0.3) is 0 Å². The van der Waals surface area contributed by atoms with Crippen LogP contribution in [-0.4, -0.2) is 27.3 Å². The van der Waals surface area contributed by atoms with Crippen LogP contribution in [0.15, 0.2) is 18.2 Å². The zero-order valence-corrected chi connectivity index (χ0v) is 7.64. The summed E-state index contributed by atoms with van der Waals surface area (Å²) in [5.74, 6) is -2.17. The summed E-state index contributed by atoms with van der Waals surface area (Å²) in [7, 11) is 0. The lowest BCUT2D eigenvalue weighted by Crippen LogP contribution is -2.33. The van der Waals surface area contributed by atoms with Crippen LogP contribution in [0.3, 0.4) is 0 Å². The molecule has 1 unspecified atom stereocenters. The minimum absolute atomic E-state index is 0.160. The Labute approximate surface area is 84.7 Å². The Balaban J connectivity index is 2.88. The van der Waals surface area contributed by atoms with Crippen LogP contribution in [0.2, 0.25) is 0 Å². The summed E-state index contributed by atoms with van der Waals surface area (Å²) in [4.78, 5) is 10.5. The Morgan fingerprint density at radius 1 is 1.47 bits per heavy atom. The summed E-state index contributed by atoms with van der Waals surface area (Å²) in [6, 6.07) is 2.64. The third-order valence-corrected chi connectivity index (χ3v) is 1.95. The van der Waals surface area contributed by atoms with Gasteiger partial charge in [-0.25, -0.2) is 0 Å². The number of para-hydroxylation sites is 1. The van der Waals surface area contributed by atoms with Gasteiger partial charge in [-0.2, -0.15) is 0 Å². The number of halogens is 1. The van der Waals surface area contributed by atoms with Gasteiger partial charge < -0.3 is 15.3 Å². The number of hydrogen-bond donors (Lipinski definition) is 4. The summed E-state index contributed by atoms with van der Waals surface area (Å²) in [6.45, 7) is 0. The molecule has 82 valence electrons. The molecule has 0 radical (unpaired) electrons. The number of nitrogens with one attached hydrogen (secondary N) is 1. The minimum Gasteiger partial charge on any atom is -0.504 e. The topological polar surface area (TPSA) is 89.8 Å². The van der Waals surface area contributed by atoms with Crippen molar-refractivity contribution in [2.24, 2.45) is 0 Å². The van der Waals surface area contributed by atoms with Crippen molar-refractivity contribution >= 4 is 5.97 Å². The molecule has 4 N–H and O–H groups in total. The fraction of sp³-hybridized carbons (Fsp3) is 0.222. The van der Waals surface area contributed by atoms with E-state index >= 15 is 0 Å². The second-order valence-electron chi connectivity index (χ2n) is 2.99. The van der Waals surface area contributed by atoms with E-state index in [0.29, 0.717) is 0 Å². The average molecular weight is 215 g/mol. The Morgan fingerprint density at radius 2 is 2.13 bits per heavy atom. The lowest BCUT2D eigenvalue weighted by molar-refractivity contribution is -0.140. The fourth-order valence-corrected chi connectivity index (χ4v) is 1.13. The van der Waals surface area contributed by atoms with E-state index in [4.69, 9.17) is 10.2 Å². The maximum Gasteiger partial charge on any atom is 0.323 e. The molecule has 0 aliphatic carbocycles. The molecule has 1 aromatic rings. The quantitative estimate of drug-likeness (QED) is 0.435. The van der Waals surface area contributed by atoms with Crippen molar-refractivity contribution in [2.45, 2.75) is 12.5 Å². The van der Waals surface area contributed by atoms with Crippen LogP contribution in [0.1, 0.15) is 5.56 Å². The fourth-order valence-electron chi connectivity index (χ4n) is 1.13. The maximum absolute atomic E-state index is 12.1. The van der Waals surface area contributed by atoms with Gasteiger partial charge in [0.1, 0.15) is 6.04 Å². The Morgan fingerprint density at radius 3 is 2.67 bits per heavy atom. The van der Waals surface area contributed by atoms with Crippen molar-refractivity contribution in [2.75, 3.05) is 0 Å². The number of carbonyl (C=O) groups is 1. The van der Waals surface area contributed by atoms with E-state index in [0.717, 1.165) is 5.54 Å². The van der Waals surface area contributed by atoms with E-state index in [-0.39, 0.29) is 17.7 Å². The molecule has 15 heavy (non-hydrogen) atoms. The maximum atomic E-state index is 12.1. The lowest BCUT2D eigenvalue weighted by Gasteiger charge is -2.10. The van der Waals surface area contributed by atoms with Gasteiger partial charge in [0.2, 0.25) is 0 Å². The molecule has 0 amide bonds. The first-order valence-corrected chi connectivity index (χ1v) is 4.15. The highest BCUT2D eigenvalue weighted by atomic mass is 19.2. The molecule has 0 bridgehead atoms. The van der Waals surface area contributed by atoms with E-state index in [9.17, 15) is 14.4 Å². The Hall–Kier alpha value is -1.82. The van der Waals surface area contributed by atoms with E-state index < -0.39 is 17.8 Å². The summed E-state index contributed by atoms with van der Waals surface area (Å²) in [5, 5.41) is 27.0. The number of rotatable bonds is 4. The third-order valence-electron chi connectivity index (χ3n) is 1.95. The van der Waals surface area contributed by atoms with Crippen molar-refractivity contribution in [3.8, 4) is 11.5 Å². The van der Waals surface area contributed by atoms with Gasteiger partial charge in [0.15, 0.2) is 11.5 Å². The summed E-state index contributed by atoms with van der Waals surface area (Å²) in [6.07, 6.45) is -0.258. The number of carboxylic acid groups (broad SMARTS) is 1. The zero-order valence-electron chi connectivity index (χ0n) is 7.64.